The van der Waals surface area contributed by atoms with Gasteiger partial charge < -0.3 is 0 Å². The minimum absolute atomic E-state index is 0.0358. The summed E-state index contributed by atoms with van der Waals surface area (Å²) < 4.78 is 27.5. The second-order valence-corrected chi connectivity index (χ2v) is 8.93. The Kier molecular flexibility index (Phi) is 6.75. The molecule has 7 heteroatoms. The van der Waals surface area contributed by atoms with Crippen LogP contribution in [-0.2, 0) is 26.8 Å². The third kappa shape index (κ3) is 5.89. The summed E-state index contributed by atoms with van der Waals surface area (Å²) in [6, 6.07) is 13.5. The summed E-state index contributed by atoms with van der Waals surface area (Å²) in [5, 5.41) is 0. The molecular formula is C20H26N2O4S. The van der Waals surface area contributed by atoms with E-state index in [2.05, 4.69) is 31.0 Å². The van der Waals surface area contributed by atoms with Crippen LogP contribution in [-0.4, -0.2) is 20.9 Å². The van der Waals surface area contributed by atoms with Crippen molar-refractivity contribution in [3.63, 3.8) is 0 Å². The van der Waals surface area contributed by atoms with Gasteiger partial charge in [-0.2, -0.15) is 0 Å². The van der Waals surface area contributed by atoms with Gasteiger partial charge in [-0.25, -0.2) is 18.6 Å². The van der Waals surface area contributed by atoms with Crippen LogP contribution in [0.5, 0.6) is 0 Å². The molecule has 0 spiro atoms. The third-order valence-electron chi connectivity index (χ3n) is 4.02. The Morgan fingerprint density at radius 2 is 1.59 bits per heavy atom. The second-order valence-electron chi connectivity index (χ2n) is 7.16. The summed E-state index contributed by atoms with van der Waals surface area (Å²) in [6.45, 7) is 8.51. The highest BCUT2D eigenvalue weighted by Gasteiger charge is 2.17. The van der Waals surface area contributed by atoms with E-state index in [1.165, 1.54) is 0 Å². The zero-order valence-corrected chi connectivity index (χ0v) is 16.9. The third-order valence-corrected chi connectivity index (χ3v) is 5.44. The fourth-order valence-electron chi connectivity index (χ4n) is 2.37. The van der Waals surface area contributed by atoms with Gasteiger partial charge in [-0.15, -0.1) is 0 Å². The molecule has 0 aliphatic rings. The maximum absolute atomic E-state index is 12.5. The maximum Gasteiger partial charge on any atom is 0.274 e. The van der Waals surface area contributed by atoms with Gasteiger partial charge in [0, 0.05) is 12.1 Å². The molecule has 0 saturated heterocycles. The highest BCUT2D eigenvalue weighted by Crippen LogP contribution is 2.23. The molecule has 27 heavy (non-hydrogen) atoms. The van der Waals surface area contributed by atoms with Crippen molar-refractivity contribution in [1.82, 2.24) is 10.2 Å². The Bertz CT molecular complexity index is 868. The number of amides is 1. The first-order valence-corrected chi connectivity index (χ1v) is 10.2. The fourth-order valence-corrected chi connectivity index (χ4v) is 3.38. The first kappa shape index (κ1) is 21.1. The Morgan fingerprint density at radius 1 is 1.00 bits per heavy atom. The number of hydrogen-bond donors (Lipinski definition) is 2. The van der Waals surface area contributed by atoms with Gasteiger partial charge in [0.15, 0.2) is 0 Å². The lowest BCUT2D eigenvalue weighted by Gasteiger charge is -2.19. The van der Waals surface area contributed by atoms with Gasteiger partial charge in [0.2, 0.25) is 10.0 Å². The number of hydrogen-bond acceptors (Lipinski definition) is 4. The van der Waals surface area contributed by atoms with Crippen molar-refractivity contribution in [2.75, 3.05) is 6.61 Å². The Morgan fingerprint density at radius 3 is 2.11 bits per heavy atom. The first-order chi connectivity index (χ1) is 12.6. The molecule has 0 aromatic heterocycles. The molecule has 6 nitrogen and oxygen atoms in total. The Hall–Kier alpha value is -2.22. The molecule has 2 N–H and O–H groups in total. The van der Waals surface area contributed by atoms with Gasteiger partial charge >= 0.3 is 0 Å². The zero-order valence-electron chi connectivity index (χ0n) is 16.1. The van der Waals surface area contributed by atoms with Crippen LogP contribution in [0.3, 0.4) is 0 Å². The van der Waals surface area contributed by atoms with Crippen molar-refractivity contribution in [2.45, 2.75) is 44.6 Å². The first-order valence-electron chi connectivity index (χ1n) is 8.75. The van der Waals surface area contributed by atoms with E-state index < -0.39 is 10.0 Å². The van der Waals surface area contributed by atoms with E-state index in [1.54, 1.807) is 43.3 Å². The molecule has 0 atom stereocenters. The lowest BCUT2D eigenvalue weighted by atomic mass is 9.87. The fraction of sp³-hybridized carbons (Fsp3) is 0.350. The van der Waals surface area contributed by atoms with Crippen molar-refractivity contribution in [3.8, 4) is 0 Å². The Balaban J connectivity index is 2.01. The monoisotopic (exact) mass is 390 g/mol. The minimum atomic E-state index is -3.61. The van der Waals surface area contributed by atoms with E-state index in [1.807, 2.05) is 12.1 Å². The molecular weight excluding hydrogens is 364 g/mol. The van der Waals surface area contributed by atoms with Gasteiger partial charge in [0.25, 0.3) is 5.91 Å². The summed E-state index contributed by atoms with van der Waals surface area (Å²) in [6.07, 6.45) is 0. The van der Waals surface area contributed by atoms with E-state index in [0.717, 1.165) is 11.1 Å². The second kappa shape index (κ2) is 8.65. The average Bonchev–Trinajstić information content (AvgIpc) is 2.64. The van der Waals surface area contributed by atoms with Crippen LogP contribution in [0.4, 0.5) is 0 Å². The number of rotatable bonds is 7. The van der Waals surface area contributed by atoms with Gasteiger partial charge in [-0.3, -0.25) is 9.63 Å². The summed E-state index contributed by atoms with van der Waals surface area (Å²) in [4.78, 5) is 16.9. The normalized spacial score (nSPS) is 12.0. The van der Waals surface area contributed by atoms with E-state index in [0.29, 0.717) is 12.2 Å². The van der Waals surface area contributed by atoms with Gasteiger partial charge in [-0.05, 0) is 47.7 Å². The molecule has 2 aromatic rings. The van der Waals surface area contributed by atoms with Crippen LogP contribution >= 0.6 is 0 Å². The Labute approximate surface area is 160 Å². The molecule has 0 unspecified atom stereocenters. The molecule has 1 amide bonds. The molecule has 0 fully saturated rings. The summed E-state index contributed by atoms with van der Waals surface area (Å²) in [5.74, 6) is -0.345. The summed E-state index contributed by atoms with van der Waals surface area (Å²) >= 11 is 0. The summed E-state index contributed by atoms with van der Waals surface area (Å²) in [7, 11) is -3.61. The van der Waals surface area contributed by atoms with Crippen molar-refractivity contribution in [2.24, 2.45) is 0 Å². The van der Waals surface area contributed by atoms with Crippen LogP contribution in [0.25, 0.3) is 0 Å². The highest BCUT2D eigenvalue weighted by molar-refractivity contribution is 7.89. The topological polar surface area (TPSA) is 84.5 Å². The van der Waals surface area contributed by atoms with Crippen molar-refractivity contribution < 1.29 is 18.0 Å². The maximum atomic E-state index is 12.5. The number of benzene rings is 2. The quantitative estimate of drug-likeness (QED) is 0.712. The van der Waals surface area contributed by atoms with Crippen LogP contribution < -0.4 is 10.2 Å². The number of hydroxylamine groups is 1. The lowest BCUT2D eigenvalue weighted by Crippen LogP contribution is -2.24. The SMILES string of the molecule is CCONC(=O)c1ccc(CNS(=O)(=O)c2ccc(C(C)(C)C)cc2)cc1. The lowest BCUT2D eigenvalue weighted by molar-refractivity contribution is 0.0364. The molecule has 0 bridgehead atoms. The molecule has 2 rings (SSSR count). The van der Waals surface area contributed by atoms with Crippen LogP contribution in [0.15, 0.2) is 53.4 Å². The van der Waals surface area contributed by atoms with Gasteiger partial charge in [0.1, 0.15) is 0 Å². The van der Waals surface area contributed by atoms with Gasteiger partial charge in [-0.1, -0.05) is 45.0 Å². The molecule has 2 aromatic carbocycles. The van der Waals surface area contributed by atoms with Crippen molar-refractivity contribution in [3.05, 3.63) is 65.2 Å². The minimum Gasteiger partial charge on any atom is -0.274 e. The zero-order chi connectivity index (χ0) is 20.1. The van der Waals surface area contributed by atoms with Crippen LogP contribution in [0.1, 0.15) is 49.2 Å². The molecule has 0 saturated carbocycles. The van der Waals surface area contributed by atoms with Crippen LogP contribution in [0.2, 0.25) is 0 Å². The van der Waals surface area contributed by atoms with E-state index >= 15 is 0 Å². The summed E-state index contributed by atoms with van der Waals surface area (Å²) in [5.41, 5.74) is 4.53. The molecule has 0 radical (unpaired) electrons. The van der Waals surface area contributed by atoms with E-state index in [-0.39, 0.29) is 22.8 Å². The number of carbonyl (C=O) groups excluding carboxylic acids is 1. The van der Waals surface area contributed by atoms with E-state index in [9.17, 15) is 13.2 Å². The van der Waals surface area contributed by atoms with Crippen molar-refractivity contribution >= 4 is 15.9 Å². The number of nitrogens with one attached hydrogen (secondary N) is 2. The largest absolute Gasteiger partial charge is 0.274 e. The molecule has 0 heterocycles. The van der Waals surface area contributed by atoms with Gasteiger partial charge in [0.05, 0.1) is 11.5 Å². The number of carbonyl (C=O) groups is 1. The highest BCUT2D eigenvalue weighted by atomic mass is 32.2. The standard InChI is InChI=1S/C20H26N2O4S/c1-5-26-22-19(23)16-8-6-15(7-9-16)14-21-27(24,25)18-12-10-17(11-13-18)20(2,3)4/h6-13,21H,5,14H2,1-4H3,(H,22,23). The number of sulfonamides is 1. The molecule has 0 aliphatic carbocycles. The predicted molar refractivity (Wildman–Crippen MR) is 105 cm³/mol. The van der Waals surface area contributed by atoms with E-state index in [4.69, 9.17) is 4.84 Å². The van der Waals surface area contributed by atoms with Crippen molar-refractivity contribution in [1.29, 1.82) is 0 Å². The molecule has 146 valence electrons. The smallest absolute Gasteiger partial charge is 0.274 e. The molecule has 0 aliphatic heterocycles. The van der Waals surface area contributed by atoms with Crippen LogP contribution in [0, 0.1) is 0 Å². The average molecular weight is 391 g/mol. The predicted octanol–water partition coefficient (Wildman–Crippen LogP) is 3.14.